The highest BCUT2D eigenvalue weighted by Crippen LogP contribution is 2.19. The van der Waals surface area contributed by atoms with E-state index in [1.807, 2.05) is 6.07 Å². The Morgan fingerprint density at radius 2 is 2.46 bits per heavy atom. The van der Waals surface area contributed by atoms with E-state index < -0.39 is 0 Å². The lowest BCUT2D eigenvalue weighted by atomic mass is 10.3. The lowest BCUT2D eigenvalue weighted by Crippen LogP contribution is -1.92. The zero-order chi connectivity index (χ0) is 9.10. The molecule has 0 aliphatic rings. The average molecular weight is 174 g/mol. The SMILES string of the molecule is N#CCOc1ccc2ncoc2c1. The molecule has 0 amide bonds. The van der Waals surface area contributed by atoms with Gasteiger partial charge in [-0.05, 0) is 12.1 Å². The number of nitrogens with zero attached hydrogens (tertiary/aromatic N) is 2. The van der Waals surface area contributed by atoms with Gasteiger partial charge in [0.05, 0.1) is 0 Å². The van der Waals surface area contributed by atoms with Gasteiger partial charge in [-0.2, -0.15) is 5.26 Å². The molecule has 0 atom stereocenters. The maximum atomic E-state index is 8.29. The van der Waals surface area contributed by atoms with Crippen LogP contribution in [0.1, 0.15) is 0 Å². The van der Waals surface area contributed by atoms with Crippen LogP contribution in [0.5, 0.6) is 5.75 Å². The number of benzene rings is 1. The summed E-state index contributed by atoms with van der Waals surface area (Å²) in [6, 6.07) is 7.13. The van der Waals surface area contributed by atoms with E-state index in [-0.39, 0.29) is 6.61 Å². The molecule has 4 heteroatoms. The zero-order valence-electron chi connectivity index (χ0n) is 6.73. The van der Waals surface area contributed by atoms with E-state index in [0.717, 1.165) is 5.52 Å². The van der Waals surface area contributed by atoms with E-state index in [9.17, 15) is 0 Å². The molecule has 2 aromatic rings. The van der Waals surface area contributed by atoms with Crippen molar-refractivity contribution in [1.82, 2.24) is 4.98 Å². The third kappa shape index (κ3) is 1.44. The highest BCUT2D eigenvalue weighted by Gasteiger charge is 1.99. The van der Waals surface area contributed by atoms with Crippen LogP contribution in [0.3, 0.4) is 0 Å². The van der Waals surface area contributed by atoms with Crippen molar-refractivity contribution in [3.8, 4) is 11.8 Å². The van der Waals surface area contributed by atoms with Crippen molar-refractivity contribution in [3.05, 3.63) is 24.6 Å². The second-order valence-electron chi connectivity index (χ2n) is 2.43. The van der Waals surface area contributed by atoms with E-state index >= 15 is 0 Å². The summed E-state index contributed by atoms with van der Waals surface area (Å²) in [7, 11) is 0. The van der Waals surface area contributed by atoms with Crippen LogP contribution in [0.4, 0.5) is 0 Å². The first-order valence-electron chi connectivity index (χ1n) is 3.73. The van der Waals surface area contributed by atoms with Gasteiger partial charge < -0.3 is 9.15 Å². The summed E-state index contributed by atoms with van der Waals surface area (Å²) in [5.41, 5.74) is 1.44. The van der Waals surface area contributed by atoms with E-state index in [1.54, 1.807) is 18.2 Å². The second kappa shape index (κ2) is 3.15. The molecule has 1 heterocycles. The molecule has 0 bridgehead atoms. The predicted molar refractivity (Wildman–Crippen MR) is 45.1 cm³/mol. The first-order chi connectivity index (χ1) is 6.40. The van der Waals surface area contributed by atoms with Crippen LogP contribution in [-0.4, -0.2) is 11.6 Å². The number of rotatable bonds is 2. The third-order valence-electron chi connectivity index (χ3n) is 1.61. The lowest BCUT2D eigenvalue weighted by Gasteiger charge is -1.98. The van der Waals surface area contributed by atoms with Crippen LogP contribution in [0, 0.1) is 11.3 Å². The number of hydrogen-bond acceptors (Lipinski definition) is 4. The Balaban J connectivity index is 2.33. The molecular formula is C9H6N2O2. The van der Waals surface area contributed by atoms with E-state index in [0.29, 0.717) is 11.3 Å². The first-order valence-corrected chi connectivity index (χ1v) is 3.73. The molecule has 0 radical (unpaired) electrons. The quantitative estimate of drug-likeness (QED) is 0.695. The summed E-state index contributed by atoms with van der Waals surface area (Å²) >= 11 is 0. The van der Waals surface area contributed by atoms with Crippen molar-refractivity contribution < 1.29 is 9.15 Å². The molecule has 0 aliphatic carbocycles. The number of oxazole rings is 1. The van der Waals surface area contributed by atoms with Gasteiger partial charge >= 0.3 is 0 Å². The summed E-state index contributed by atoms with van der Waals surface area (Å²) in [5, 5.41) is 8.29. The Bertz CT molecular complexity index is 456. The molecule has 2 rings (SSSR count). The molecule has 0 spiro atoms. The standard InChI is InChI=1S/C9H6N2O2/c10-3-4-12-7-1-2-8-9(5-7)13-6-11-8/h1-2,5-6H,4H2. The second-order valence-corrected chi connectivity index (χ2v) is 2.43. The molecule has 0 fully saturated rings. The number of fused-ring (bicyclic) bond motifs is 1. The van der Waals surface area contributed by atoms with Crippen LogP contribution >= 0.6 is 0 Å². The van der Waals surface area contributed by atoms with Crippen molar-refractivity contribution in [1.29, 1.82) is 5.26 Å². The van der Waals surface area contributed by atoms with Gasteiger partial charge in [0.1, 0.15) is 17.3 Å². The third-order valence-corrected chi connectivity index (χ3v) is 1.61. The van der Waals surface area contributed by atoms with Crippen LogP contribution in [0.25, 0.3) is 11.1 Å². The lowest BCUT2D eigenvalue weighted by molar-refractivity contribution is 0.368. The van der Waals surface area contributed by atoms with E-state index in [1.165, 1.54) is 6.39 Å². The van der Waals surface area contributed by atoms with Crippen molar-refractivity contribution >= 4 is 11.1 Å². The highest BCUT2D eigenvalue weighted by atomic mass is 16.5. The molecule has 4 nitrogen and oxygen atoms in total. The average Bonchev–Trinajstić information content (AvgIpc) is 2.61. The molecule has 1 aromatic heterocycles. The normalized spacial score (nSPS) is 9.77. The summed E-state index contributed by atoms with van der Waals surface area (Å²) in [5.74, 6) is 0.616. The van der Waals surface area contributed by atoms with Gasteiger partial charge in [0.2, 0.25) is 0 Å². The Hall–Kier alpha value is -2.02. The van der Waals surface area contributed by atoms with Gasteiger partial charge in [0.15, 0.2) is 18.6 Å². The zero-order valence-corrected chi connectivity index (χ0v) is 6.73. The molecule has 64 valence electrons. The monoisotopic (exact) mass is 174 g/mol. The molecule has 1 aromatic carbocycles. The minimum absolute atomic E-state index is 0.0413. The van der Waals surface area contributed by atoms with Crippen LogP contribution in [0.2, 0.25) is 0 Å². The topological polar surface area (TPSA) is 59.0 Å². The number of nitriles is 1. The fourth-order valence-electron chi connectivity index (χ4n) is 1.04. The Labute approximate surface area is 74.4 Å². The van der Waals surface area contributed by atoms with Gasteiger partial charge in [-0.25, -0.2) is 4.98 Å². The summed E-state index contributed by atoms with van der Waals surface area (Å²) < 4.78 is 10.1. The molecule has 0 saturated heterocycles. The summed E-state index contributed by atoms with van der Waals surface area (Å²) in [6.07, 6.45) is 1.37. The van der Waals surface area contributed by atoms with Crippen LogP contribution < -0.4 is 4.74 Å². The Morgan fingerprint density at radius 1 is 1.54 bits per heavy atom. The van der Waals surface area contributed by atoms with Crippen LogP contribution in [0.15, 0.2) is 29.0 Å². The van der Waals surface area contributed by atoms with Gasteiger partial charge in [-0.15, -0.1) is 0 Å². The van der Waals surface area contributed by atoms with Gasteiger partial charge in [-0.1, -0.05) is 0 Å². The van der Waals surface area contributed by atoms with Crippen molar-refractivity contribution in [2.75, 3.05) is 6.61 Å². The molecule has 0 unspecified atom stereocenters. The molecule has 0 N–H and O–H groups in total. The van der Waals surface area contributed by atoms with Crippen molar-refractivity contribution in [2.45, 2.75) is 0 Å². The number of aromatic nitrogens is 1. The van der Waals surface area contributed by atoms with E-state index in [4.69, 9.17) is 14.4 Å². The smallest absolute Gasteiger partial charge is 0.181 e. The number of hydrogen-bond donors (Lipinski definition) is 0. The molecule has 0 saturated carbocycles. The number of ether oxygens (including phenoxy) is 1. The fraction of sp³-hybridized carbons (Fsp3) is 0.111. The highest BCUT2D eigenvalue weighted by molar-refractivity contribution is 5.73. The molecule has 13 heavy (non-hydrogen) atoms. The van der Waals surface area contributed by atoms with Crippen LogP contribution in [-0.2, 0) is 0 Å². The fourth-order valence-corrected chi connectivity index (χ4v) is 1.04. The summed E-state index contributed by atoms with van der Waals surface area (Å²) in [6.45, 7) is 0.0413. The van der Waals surface area contributed by atoms with Gasteiger partial charge in [0.25, 0.3) is 0 Å². The largest absolute Gasteiger partial charge is 0.479 e. The minimum atomic E-state index is 0.0413. The Morgan fingerprint density at radius 3 is 3.31 bits per heavy atom. The van der Waals surface area contributed by atoms with Gasteiger partial charge in [0, 0.05) is 6.07 Å². The maximum absolute atomic E-state index is 8.29. The Kier molecular flexibility index (Phi) is 1.85. The maximum Gasteiger partial charge on any atom is 0.181 e. The van der Waals surface area contributed by atoms with Crippen molar-refractivity contribution in [2.24, 2.45) is 0 Å². The minimum Gasteiger partial charge on any atom is -0.479 e. The first kappa shape index (κ1) is 7.62. The van der Waals surface area contributed by atoms with Crippen molar-refractivity contribution in [3.63, 3.8) is 0 Å². The molecule has 0 aliphatic heterocycles. The predicted octanol–water partition coefficient (Wildman–Crippen LogP) is 1.73. The molecular weight excluding hydrogens is 168 g/mol. The summed E-state index contributed by atoms with van der Waals surface area (Å²) in [4.78, 5) is 3.95. The van der Waals surface area contributed by atoms with Gasteiger partial charge in [-0.3, -0.25) is 0 Å². The van der Waals surface area contributed by atoms with E-state index in [2.05, 4.69) is 4.98 Å².